The minimum absolute atomic E-state index is 0.0460. The van der Waals surface area contributed by atoms with Gasteiger partial charge >= 0.3 is 0 Å². The predicted octanol–water partition coefficient (Wildman–Crippen LogP) is 0.994. The van der Waals surface area contributed by atoms with E-state index < -0.39 is 0 Å². The van der Waals surface area contributed by atoms with E-state index in [1.54, 1.807) is 0 Å². The lowest BCUT2D eigenvalue weighted by atomic mass is 10.1. The van der Waals surface area contributed by atoms with Crippen LogP contribution < -0.4 is 16.0 Å². The summed E-state index contributed by atoms with van der Waals surface area (Å²) >= 11 is 5.84. The molecule has 5 heteroatoms. The molecule has 0 spiro atoms. The summed E-state index contributed by atoms with van der Waals surface area (Å²) in [7, 11) is 0. The molecule has 0 bridgehead atoms. The molecule has 2 rings (SSSR count). The van der Waals surface area contributed by atoms with Crippen molar-refractivity contribution < 1.29 is 4.79 Å². The molecule has 92 valence electrons. The Balaban J connectivity index is 2.09. The average molecular weight is 254 g/mol. The number of benzene rings is 1. The van der Waals surface area contributed by atoms with Gasteiger partial charge in [0.25, 0.3) is 0 Å². The van der Waals surface area contributed by atoms with Crippen molar-refractivity contribution in [1.82, 2.24) is 5.32 Å². The number of hydrogen-bond acceptors (Lipinski definition) is 3. The highest BCUT2D eigenvalue weighted by molar-refractivity contribution is 6.30. The number of rotatable bonds is 3. The number of amides is 1. The van der Waals surface area contributed by atoms with Gasteiger partial charge in [0, 0.05) is 23.3 Å². The monoisotopic (exact) mass is 253 g/mol. The molecule has 1 aliphatic heterocycles. The molecule has 1 aromatic rings. The Labute approximate surface area is 106 Å². The van der Waals surface area contributed by atoms with E-state index in [0.29, 0.717) is 18.1 Å². The molecule has 1 aromatic carbocycles. The number of halogens is 1. The van der Waals surface area contributed by atoms with Crippen molar-refractivity contribution in [3.05, 3.63) is 29.3 Å². The Hall–Kier alpha value is -1.26. The lowest BCUT2D eigenvalue weighted by Crippen LogP contribution is -2.54. The topological polar surface area (TPSA) is 58.4 Å². The van der Waals surface area contributed by atoms with Gasteiger partial charge in [-0.2, -0.15) is 0 Å². The van der Waals surface area contributed by atoms with Gasteiger partial charge in [0.15, 0.2) is 0 Å². The quantitative estimate of drug-likeness (QED) is 0.845. The van der Waals surface area contributed by atoms with Crippen LogP contribution in [0.3, 0.4) is 0 Å². The molecule has 17 heavy (non-hydrogen) atoms. The molecule has 1 amide bonds. The third kappa shape index (κ3) is 3.11. The fourth-order valence-electron chi connectivity index (χ4n) is 2.04. The SMILES string of the molecule is NCCC1CN(c2ccc(Cl)cc2)CC(=O)N1. The van der Waals surface area contributed by atoms with Crippen LogP contribution in [-0.2, 0) is 4.79 Å². The van der Waals surface area contributed by atoms with E-state index >= 15 is 0 Å². The van der Waals surface area contributed by atoms with Crippen LogP contribution in [0.15, 0.2) is 24.3 Å². The molecular weight excluding hydrogens is 238 g/mol. The van der Waals surface area contributed by atoms with Gasteiger partial charge in [-0.3, -0.25) is 4.79 Å². The molecule has 1 fully saturated rings. The molecule has 0 radical (unpaired) electrons. The lowest BCUT2D eigenvalue weighted by molar-refractivity contribution is -0.121. The Morgan fingerprint density at radius 2 is 2.12 bits per heavy atom. The number of nitrogens with two attached hydrogens (primary N) is 1. The molecule has 0 saturated carbocycles. The maximum absolute atomic E-state index is 11.6. The number of hydrogen-bond donors (Lipinski definition) is 2. The van der Waals surface area contributed by atoms with E-state index in [0.717, 1.165) is 18.7 Å². The molecular formula is C12H16ClN3O. The molecule has 1 heterocycles. The van der Waals surface area contributed by atoms with Crippen molar-refractivity contribution in [2.24, 2.45) is 5.73 Å². The standard InChI is InChI=1S/C12H16ClN3O/c13-9-1-3-11(4-2-9)16-7-10(5-6-14)15-12(17)8-16/h1-4,10H,5-8,14H2,(H,15,17). The summed E-state index contributed by atoms with van der Waals surface area (Å²) in [6.45, 7) is 1.77. The van der Waals surface area contributed by atoms with Crippen LogP contribution in [0.1, 0.15) is 6.42 Å². The Morgan fingerprint density at radius 1 is 1.41 bits per heavy atom. The molecule has 1 aliphatic rings. The maximum atomic E-state index is 11.6. The van der Waals surface area contributed by atoms with Crippen LogP contribution >= 0.6 is 11.6 Å². The van der Waals surface area contributed by atoms with E-state index in [1.165, 1.54) is 0 Å². The summed E-state index contributed by atoms with van der Waals surface area (Å²) < 4.78 is 0. The Kier molecular flexibility index (Phi) is 3.86. The summed E-state index contributed by atoms with van der Waals surface area (Å²) in [5, 5.41) is 3.64. The fraction of sp³-hybridized carbons (Fsp3) is 0.417. The zero-order valence-corrected chi connectivity index (χ0v) is 10.3. The van der Waals surface area contributed by atoms with Gasteiger partial charge in [0.1, 0.15) is 0 Å². The van der Waals surface area contributed by atoms with Crippen molar-refractivity contribution >= 4 is 23.2 Å². The van der Waals surface area contributed by atoms with Crippen LogP contribution in [0, 0.1) is 0 Å². The first kappa shape index (κ1) is 12.2. The number of anilines is 1. The molecule has 1 unspecified atom stereocenters. The van der Waals surface area contributed by atoms with Crippen molar-refractivity contribution in [1.29, 1.82) is 0 Å². The molecule has 0 aromatic heterocycles. The van der Waals surface area contributed by atoms with Gasteiger partial charge in [0.05, 0.1) is 6.54 Å². The molecule has 1 saturated heterocycles. The largest absolute Gasteiger partial charge is 0.360 e. The molecule has 4 nitrogen and oxygen atoms in total. The van der Waals surface area contributed by atoms with Gasteiger partial charge in [-0.15, -0.1) is 0 Å². The van der Waals surface area contributed by atoms with E-state index in [-0.39, 0.29) is 11.9 Å². The van der Waals surface area contributed by atoms with Crippen LogP contribution in [-0.4, -0.2) is 31.6 Å². The normalized spacial score (nSPS) is 20.2. The fourth-order valence-corrected chi connectivity index (χ4v) is 2.16. The molecule has 3 N–H and O–H groups in total. The third-order valence-corrected chi connectivity index (χ3v) is 3.10. The third-order valence-electron chi connectivity index (χ3n) is 2.85. The molecule has 0 aliphatic carbocycles. The van der Waals surface area contributed by atoms with Crippen LogP contribution in [0.25, 0.3) is 0 Å². The number of carbonyl (C=O) groups excluding carboxylic acids is 1. The number of piperazine rings is 1. The maximum Gasteiger partial charge on any atom is 0.239 e. The zero-order chi connectivity index (χ0) is 12.3. The first-order chi connectivity index (χ1) is 8.19. The summed E-state index contributed by atoms with van der Waals surface area (Å²) in [6.07, 6.45) is 0.801. The van der Waals surface area contributed by atoms with Crippen molar-refractivity contribution in [2.45, 2.75) is 12.5 Å². The van der Waals surface area contributed by atoms with Crippen molar-refractivity contribution in [3.8, 4) is 0 Å². The first-order valence-corrected chi connectivity index (χ1v) is 6.07. The van der Waals surface area contributed by atoms with Crippen LogP contribution in [0.5, 0.6) is 0 Å². The smallest absolute Gasteiger partial charge is 0.239 e. The number of nitrogens with zero attached hydrogens (tertiary/aromatic N) is 1. The Bertz CT molecular complexity index is 393. The molecule has 1 atom stereocenters. The van der Waals surface area contributed by atoms with Crippen LogP contribution in [0.4, 0.5) is 5.69 Å². The van der Waals surface area contributed by atoms with E-state index in [9.17, 15) is 4.79 Å². The first-order valence-electron chi connectivity index (χ1n) is 5.69. The van der Waals surface area contributed by atoms with Crippen molar-refractivity contribution in [3.63, 3.8) is 0 Å². The van der Waals surface area contributed by atoms with Gasteiger partial charge in [-0.05, 0) is 37.2 Å². The Morgan fingerprint density at radius 3 is 2.76 bits per heavy atom. The summed E-state index contributed by atoms with van der Waals surface area (Å²) in [5.74, 6) is 0.0460. The number of nitrogens with one attached hydrogen (secondary N) is 1. The summed E-state index contributed by atoms with van der Waals surface area (Å²) in [6, 6.07) is 7.67. The summed E-state index contributed by atoms with van der Waals surface area (Å²) in [4.78, 5) is 13.6. The minimum Gasteiger partial charge on any atom is -0.360 e. The average Bonchev–Trinajstić information content (AvgIpc) is 2.29. The highest BCUT2D eigenvalue weighted by Gasteiger charge is 2.23. The zero-order valence-electron chi connectivity index (χ0n) is 9.53. The van der Waals surface area contributed by atoms with Gasteiger partial charge in [-0.25, -0.2) is 0 Å². The second-order valence-corrected chi connectivity index (χ2v) is 4.64. The van der Waals surface area contributed by atoms with E-state index in [2.05, 4.69) is 10.2 Å². The second-order valence-electron chi connectivity index (χ2n) is 4.20. The predicted molar refractivity (Wildman–Crippen MR) is 69.3 cm³/mol. The lowest BCUT2D eigenvalue weighted by Gasteiger charge is -2.34. The van der Waals surface area contributed by atoms with Gasteiger partial charge in [0.2, 0.25) is 5.91 Å². The highest BCUT2D eigenvalue weighted by atomic mass is 35.5. The van der Waals surface area contributed by atoms with Gasteiger partial charge < -0.3 is 16.0 Å². The second kappa shape index (κ2) is 5.38. The van der Waals surface area contributed by atoms with Crippen molar-refractivity contribution in [2.75, 3.05) is 24.5 Å². The summed E-state index contributed by atoms with van der Waals surface area (Å²) in [5.41, 5.74) is 6.54. The minimum atomic E-state index is 0.0460. The highest BCUT2D eigenvalue weighted by Crippen LogP contribution is 2.19. The van der Waals surface area contributed by atoms with E-state index in [1.807, 2.05) is 24.3 Å². The van der Waals surface area contributed by atoms with Gasteiger partial charge in [-0.1, -0.05) is 11.6 Å². The number of carbonyl (C=O) groups is 1. The van der Waals surface area contributed by atoms with E-state index in [4.69, 9.17) is 17.3 Å². The van der Waals surface area contributed by atoms with Crippen LogP contribution in [0.2, 0.25) is 5.02 Å².